The lowest BCUT2D eigenvalue weighted by molar-refractivity contribution is -0.359. The lowest BCUT2D eigenvalue weighted by atomic mass is 9.97. The molecule has 14 heteroatoms. The van der Waals surface area contributed by atoms with Gasteiger partial charge in [-0.2, -0.15) is 0 Å². The van der Waals surface area contributed by atoms with Gasteiger partial charge in [-0.3, -0.25) is 4.79 Å². The third-order valence-corrected chi connectivity index (χ3v) is 14.1. The van der Waals surface area contributed by atoms with Crippen molar-refractivity contribution in [3.8, 4) is 0 Å². The maximum Gasteiger partial charge on any atom is 0.220 e. The highest BCUT2D eigenvalue weighted by Crippen LogP contribution is 2.30. The van der Waals surface area contributed by atoms with Crippen molar-refractivity contribution < 1.29 is 64.6 Å². The maximum absolute atomic E-state index is 12.8. The lowest BCUT2D eigenvalue weighted by Gasteiger charge is -2.46. The Morgan fingerprint density at radius 1 is 0.500 bits per heavy atom. The summed E-state index contributed by atoms with van der Waals surface area (Å²) in [7, 11) is 0. The molecule has 2 heterocycles. The molecule has 70 heavy (non-hydrogen) atoms. The van der Waals surface area contributed by atoms with Gasteiger partial charge in [-0.05, 0) is 32.1 Å². The van der Waals surface area contributed by atoms with Crippen LogP contribution in [0.2, 0.25) is 0 Å². The largest absolute Gasteiger partial charge is 0.394 e. The van der Waals surface area contributed by atoms with E-state index in [1.165, 1.54) is 173 Å². The van der Waals surface area contributed by atoms with Crippen molar-refractivity contribution in [2.45, 2.75) is 306 Å². The van der Waals surface area contributed by atoms with Crippen molar-refractivity contribution in [2.75, 3.05) is 19.8 Å². The van der Waals surface area contributed by atoms with Gasteiger partial charge in [0, 0.05) is 6.42 Å². The van der Waals surface area contributed by atoms with Crippen LogP contribution in [-0.2, 0) is 23.7 Å². The van der Waals surface area contributed by atoms with E-state index in [1.54, 1.807) is 6.08 Å². The Labute approximate surface area is 424 Å². The SMILES string of the molecule is CCCCCCCCCCCCCCCCCCCCCCCCCCCCC/C=C/CC/C=C/C(O)C(COC1OC(CO)C(OC2OC(CO)C(O)C(O)C2O)C(O)C1O)NC(=O)CCCCC. The van der Waals surface area contributed by atoms with Crippen molar-refractivity contribution >= 4 is 5.91 Å². The van der Waals surface area contributed by atoms with Gasteiger partial charge < -0.3 is 65.1 Å². The molecule has 1 amide bonds. The zero-order valence-corrected chi connectivity index (χ0v) is 44.0. The molecule has 2 aliphatic rings. The Balaban J connectivity index is 1.55. The van der Waals surface area contributed by atoms with Crippen LogP contribution < -0.4 is 5.32 Å². The van der Waals surface area contributed by atoms with Crippen LogP contribution in [0.4, 0.5) is 0 Å². The molecule has 0 radical (unpaired) electrons. The number of aliphatic hydroxyl groups is 8. The average molecular weight is 1000 g/mol. The average Bonchev–Trinajstić information content (AvgIpc) is 3.36. The van der Waals surface area contributed by atoms with Gasteiger partial charge in [-0.1, -0.05) is 218 Å². The molecule has 2 saturated heterocycles. The van der Waals surface area contributed by atoms with E-state index in [0.717, 1.165) is 25.7 Å². The number of hydrogen-bond donors (Lipinski definition) is 9. The normalized spacial score (nSPS) is 26.1. The molecule has 0 bridgehead atoms. The molecule has 2 fully saturated rings. The number of carbonyl (C=O) groups excluding carboxylic acids is 1. The van der Waals surface area contributed by atoms with E-state index in [0.29, 0.717) is 12.8 Å². The summed E-state index contributed by atoms with van der Waals surface area (Å²) < 4.78 is 22.5. The molecule has 9 N–H and O–H groups in total. The van der Waals surface area contributed by atoms with Crippen LogP contribution in [0.25, 0.3) is 0 Å². The summed E-state index contributed by atoms with van der Waals surface area (Å²) in [5, 5.41) is 86.1. The standard InChI is InChI=1S/C56H105NO13/c1-3-5-7-8-9-10-11-12-13-14-15-16-17-18-19-20-21-22-23-24-25-26-27-28-29-30-31-32-33-34-35-36-38-39-45(60)44(57-48(61)40-37-6-4-2)43-67-55-53(66)51(64)54(47(42-59)69-55)70-56-52(65)50(63)49(62)46(41-58)68-56/h33-34,38-39,44-47,49-56,58-60,62-66H,3-32,35-37,40-43H2,1-2H3,(H,57,61)/b34-33+,39-38+. The van der Waals surface area contributed by atoms with Crippen molar-refractivity contribution in [3.63, 3.8) is 0 Å². The minimum Gasteiger partial charge on any atom is -0.394 e. The third kappa shape index (κ3) is 28.8. The number of hydrogen-bond acceptors (Lipinski definition) is 13. The molecule has 0 aromatic heterocycles. The summed E-state index contributed by atoms with van der Waals surface area (Å²) in [4.78, 5) is 12.8. The summed E-state index contributed by atoms with van der Waals surface area (Å²) in [6.45, 7) is 2.59. The first-order valence-electron chi connectivity index (χ1n) is 28.6. The predicted octanol–water partition coefficient (Wildman–Crippen LogP) is 8.89. The predicted molar refractivity (Wildman–Crippen MR) is 277 cm³/mol. The molecule has 0 saturated carbocycles. The van der Waals surface area contributed by atoms with Crippen LogP contribution in [0.5, 0.6) is 0 Å². The molecular weight excluding hydrogens is 895 g/mol. The summed E-state index contributed by atoms with van der Waals surface area (Å²) >= 11 is 0. The van der Waals surface area contributed by atoms with Gasteiger partial charge in [-0.15, -0.1) is 0 Å². The fourth-order valence-electron chi connectivity index (χ4n) is 9.48. The van der Waals surface area contributed by atoms with E-state index in [1.807, 2.05) is 13.0 Å². The summed E-state index contributed by atoms with van der Waals surface area (Å²) in [6.07, 6.45) is 33.8. The molecule has 2 aliphatic heterocycles. The fourth-order valence-corrected chi connectivity index (χ4v) is 9.48. The molecule has 0 aliphatic carbocycles. The van der Waals surface area contributed by atoms with Crippen LogP contribution in [-0.4, -0.2) is 140 Å². The molecule has 0 aromatic rings. The summed E-state index contributed by atoms with van der Waals surface area (Å²) in [6, 6.07) is -0.923. The zero-order chi connectivity index (χ0) is 51.0. The number of ether oxygens (including phenoxy) is 4. The Morgan fingerprint density at radius 2 is 0.914 bits per heavy atom. The van der Waals surface area contributed by atoms with Gasteiger partial charge in [0.1, 0.15) is 48.8 Å². The first-order valence-corrected chi connectivity index (χ1v) is 28.6. The molecule has 12 atom stereocenters. The Hall–Kier alpha value is -1.53. The number of nitrogens with one attached hydrogen (secondary N) is 1. The van der Waals surface area contributed by atoms with Gasteiger partial charge in [0.25, 0.3) is 0 Å². The van der Waals surface area contributed by atoms with Crippen molar-refractivity contribution in [2.24, 2.45) is 0 Å². The first-order chi connectivity index (χ1) is 34.1. The van der Waals surface area contributed by atoms with Gasteiger partial charge in [0.2, 0.25) is 5.91 Å². The first kappa shape index (κ1) is 64.6. The second kappa shape index (κ2) is 42.8. The number of aliphatic hydroxyl groups excluding tert-OH is 8. The van der Waals surface area contributed by atoms with Crippen molar-refractivity contribution in [3.05, 3.63) is 24.3 Å². The minimum atomic E-state index is -1.79. The molecule has 2 rings (SSSR count). The quantitative estimate of drug-likeness (QED) is 0.0205. The molecular formula is C56H105NO13. The number of rotatable bonds is 45. The van der Waals surface area contributed by atoms with E-state index >= 15 is 0 Å². The zero-order valence-electron chi connectivity index (χ0n) is 44.0. The van der Waals surface area contributed by atoms with Gasteiger partial charge in [0.15, 0.2) is 12.6 Å². The Bertz CT molecular complexity index is 1270. The van der Waals surface area contributed by atoms with E-state index < -0.39 is 86.8 Å². The number of amides is 1. The monoisotopic (exact) mass is 1000 g/mol. The fraction of sp³-hybridized carbons (Fsp3) is 0.911. The van der Waals surface area contributed by atoms with Crippen LogP contribution >= 0.6 is 0 Å². The van der Waals surface area contributed by atoms with Crippen molar-refractivity contribution in [1.82, 2.24) is 5.32 Å². The third-order valence-electron chi connectivity index (χ3n) is 14.1. The van der Waals surface area contributed by atoms with Crippen LogP contribution in [0.1, 0.15) is 232 Å². The number of unbranched alkanes of at least 4 members (excludes halogenated alkanes) is 30. The van der Waals surface area contributed by atoms with Gasteiger partial charge in [-0.25, -0.2) is 0 Å². The molecule has 412 valence electrons. The van der Waals surface area contributed by atoms with Gasteiger partial charge in [0.05, 0.1) is 32.0 Å². The summed E-state index contributed by atoms with van der Waals surface area (Å²) in [5.74, 6) is -0.273. The topological polar surface area (TPSA) is 228 Å². The van der Waals surface area contributed by atoms with Crippen LogP contribution in [0.3, 0.4) is 0 Å². The Morgan fingerprint density at radius 3 is 1.40 bits per heavy atom. The lowest BCUT2D eigenvalue weighted by Crippen LogP contribution is -2.65. The van der Waals surface area contributed by atoms with E-state index in [2.05, 4.69) is 24.4 Å². The van der Waals surface area contributed by atoms with E-state index in [9.17, 15) is 45.6 Å². The highest BCUT2D eigenvalue weighted by molar-refractivity contribution is 5.76. The highest BCUT2D eigenvalue weighted by atomic mass is 16.7. The molecule has 0 spiro atoms. The Kier molecular flexibility index (Phi) is 39.5. The second-order valence-electron chi connectivity index (χ2n) is 20.4. The van der Waals surface area contributed by atoms with Crippen LogP contribution in [0, 0.1) is 0 Å². The highest BCUT2D eigenvalue weighted by Gasteiger charge is 2.51. The van der Waals surface area contributed by atoms with Crippen LogP contribution in [0.15, 0.2) is 24.3 Å². The molecule has 0 aromatic carbocycles. The minimum absolute atomic E-state index is 0.260. The number of allylic oxidation sites excluding steroid dienone is 3. The van der Waals surface area contributed by atoms with Crippen molar-refractivity contribution in [1.29, 1.82) is 0 Å². The van der Waals surface area contributed by atoms with Gasteiger partial charge >= 0.3 is 0 Å². The van der Waals surface area contributed by atoms with E-state index in [-0.39, 0.29) is 18.9 Å². The smallest absolute Gasteiger partial charge is 0.220 e. The molecule has 14 nitrogen and oxygen atoms in total. The maximum atomic E-state index is 12.8. The number of carbonyl (C=O) groups is 1. The van der Waals surface area contributed by atoms with E-state index in [4.69, 9.17) is 18.9 Å². The molecule has 12 unspecified atom stereocenters. The second-order valence-corrected chi connectivity index (χ2v) is 20.4. The summed E-state index contributed by atoms with van der Waals surface area (Å²) in [5.41, 5.74) is 0.